The highest BCUT2D eigenvalue weighted by atomic mass is 16.7. The summed E-state index contributed by atoms with van der Waals surface area (Å²) in [5.41, 5.74) is 0. The molecule has 4 aliphatic rings. The first-order valence-corrected chi connectivity index (χ1v) is 10.4. The summed E-state index contributed by atoms with van der Waals surface area (Å²) < 4.78 is 34.2. The zero-order chi connectivity index (χ0) is 20.9. The molecule has 2 saturated heterocycles. The van der Waals surface area contributed by atoms with Crippen LogP contribution in [0.25, 0.3) is 0 Å². The SMILES string of the molecule is COC[C@@H]1CCO[C@H]([C]2[CH][CH][CH][C]2B(O)[C]2[CH][CH][CH][C]2[C@H]2OCC[C@@H](COC)O2)O1. The van der Waals surface area contributed by atoms with Crippen LogP contribution in [0.1, 0.15) is 12.8 Å². The molecule has 0 amide bonds. The average molecular weight is 416 g/mol. The summed E-state index contributed by atoms with van der Waals surface area (Å²) in [6.07, 6.45) is 12.0. The van der Waals surface area contributed by atoms with Gasteiger partial charge in [0.05, 0.1) is 38.6 Å². The fraction of sp³-hybridized carbons (Fsp3) is 0.545. The van der Waals surface area contributed by atoms with Crippen molar-refractivity contribution in [3.8, 4) is 0 Å². The van der Waals surface area contributed by atoms with Gasteiger partial charge in [-0.2, -0.15) is 0 Å². The van der Waals surface area contributed by atoms with E-state index in [0.29, 0.717) is 26.4 Å². The highest BCUT2D eigenvalue weighted by Gasteiger charge is 2.52. The van der Waals surface area contributed by atoms with Crippen LogP contribution in [0.4, 0.5) is 0 Å². The molecule has 0 bridgehead atoms. The molecule has 1 N–H and O–H groups in total. The van der Waals surface area contributed by atoms with Crippen LogP contribution in [-0.2, 0) is 28.4 Å². The van der Waals surface area contributed by atoms with Gasteiger partial charge in [-0.3, -0.25) is 0 Å². The summed E-state index contributed by atoms with van der Waals surface area (Å²) >= 11 is 0. The molecular formula is C22H29BO7. The van der Waals surface area contributed by atoms with E-state index in [1.54, 1.807) is 14.2 Å². The lowest BCUT2D eigenvalue weighted by Gasteiger charge is -2.38. The van der Waals surface area contributed by atoms with E-state index in [-0.39, 0.29) is 12.2 Å². The van der Waals surface area contributed by atoms with Crippen molar-refractivity contribution in [3.05, 3.63) is 62.0 Å². The van der Waals surface area contributed by atoms with Gasteiger partial charge < -0.3 is 33.4 Å². The molecule has 2 aliphatic carbocycles. The minimum atomic E-state index is -0.843. The van der Waals surface area contributed by atoms with Gasteiger partial charge in [0.15, 0.2) is 12.6 Å². The Bertz CT molecular complexity index is 476. The molecule has 2 heterocycles. The molecular weight excluding hydrogens is 387 g/mol. The first-order valence-electron chi connectivity index (χ1n) is 10.4. The van der Waals surface area contributed by atoms with Gasteiger partial charge in [0.25, 0.3) is 0 Å². The molecule has 4 atom stereocenters. The van der Waals surface area contributed by atoms with Gasteiger partial charge >= 0.3 is 6.92 Å². The maximum atomic E-state index is 11.3. The molecule has 0 aromatic rings. The van der Waals surface area contributed by atoms with Gasteiger partial charge in [0.1, 0.15) is 0 Å². The summed E-state index contributed by atoms with van der Waals surface area (Å²) in [4.78, 5) is 0. The maximum Gasteiger partial charge on any atom is 0.303 e. The van der Waals surface area contributed by atoms with E-state index in [0.717, 1.165) is 36.3 Å². The normalized spacial score (nSPS) is 35.3. The third-order valence-electron chi connectivity index (χ3n) is 5.62. The monoisotopic (exact) mass is 416 g/mol. The minimum Gasteiger partial charge on any atom is -0.449 e. The fourth-order valence-corrected chi connectivity index (χ4v) is 4.11. The van der Waals surface area contributed by atoms with Gasteiger partial charge in [0.2, 0.25) is 0 Å². The summed E-state index contributed by atoms with van der Waals surface area (Å²) in [6, 6.07) is 0. The van der Waals surface area contributed by atoms with Crippen molar-refractivity contribution >= 4 is 6.92 Å². The Hall–Kier alpha value is -0.215. The van der Waals surface area contributed by atoms with Gasteiger partial charge in [-0.25, -0.2) is 0 Å². The molecule has 0 unspecified atom stereocenters. The lowest BCUT2D eigenvalue weighted by atomic mass is 9.42. The van der Waals surface area contributed by atoms with Crippen molar-refractivity contribution in [2.24, 2.45) is 0 Å². The molecule has 0 aromatic heterocycles. The molecule has 7 nitrogen and oxygen atoms in total. The first-order chi connectivity index (χ1) is 14.7. The lowest BCUT2D eigenvalue weighted by molar-refractivity contribution is -0.209. The van der Waals surface area contributed by atoms with E-state index in [1.807, 2.05) is 38.5 Å². The van der Waals surface area contributed by atoms with Crippen molar-refractivity contribution in [1.29, 1.82) is 0 Å². The van der Waals surface area contributed by atoms with Gasteiger partial charge in [-0.05, 0) is 63.0 Å². The van der Waals surface area contributed by atoms with Gasteiger partial charge in [-0.15, -0.1) is 0 Å². The van der Waals surface area contributed by atoms with Crippen LogP contribution in [0, 0.1) is 62.0 Å². The third kappa shape index (κ3) is 5.22. The second-order valence-electron chi connectivity index (χ2n) is 7.69. The van der Waals surface area contributed by atoms with E-state index in [2.05, 4.69) is 0 Å². The van der Waals surface area contributed by atoms with Gasteiger partial charge in [-0.1, -0.05) is 0 Å². The van der Waals surface area contributed by atoms with Gasteiger partial charge in [0, 0.05) is 26.1 Å². The molecule has 2 saturated carbocycles. The molecule has 10 radical (unpaired) electrons. The van der Waals surface area contributed by atoms with Crippen molar-refractivity contribution in [3.63, 3.8) is 0 Å². The summed E-state index contributed by atoms with van der Waals surface area (Å²) in [6.45, 7) is 1.37. The highest BCUT2D eigenvalue weighted by Crippen LogP contribution is 2.47. The standard InChI is InChI=1S/C22H29BO7/c1-25-13-15-9-11-27-21(29-15)17-5-3-7-19(17)23(24)20-8-4-6-18(20)22-28-12-10-16(30-22)14-26-2/h3-8,15-16,21-22,24H,9-14H2,1-2H3/t15-,16-,21-,22-/m0/s1. The van der Waals surface area contributed by atoms with Crippen molar-refractivity contribution in [2.45, 2.75) is 37.6 Å². The van der Waals surface area contributed by atoms with Crippen LogP contribution in [0.2, 0.25) is 0 Å². The molecule has 30 heavy (non-hydrogen) atoms. The second kappa shape index (κ2) is 11.1. The topological polar surface area (TPSA) is 75.6 Å². The van der Waals surface area contributed by atoms with Crippen LogP contribution in [0.3, 0.4) is 0 Å². The average Bonchev–Trinajstić information content (AvgIpc) is 3.44. The van der Waals surface area contributed by atoms with Crippen LogP contribution < -0.4 is 0 Å². The Balaban J connectivity index is 1.39. The largest absolute Gasteiger partial charge is 0.449 e. The summed E-state index contributed by atoms with van der Waals surface area (Å²) in [5, 5.41) is 11.3. The predicted molar refractivity (Wildman–Crippen MR) is 109 cm³/mol. The number of hydrogen-bond donors (Lipinski definition) is 1. The summed E-state index contributed by atoms with van der Waals surface area (Å²) in [7, 11) is 3.32. The van der Waals surface area contributed by atoms with Crippen molar-refractivity contribution in [2.75, 3.05) is 40.6 Å². The van der Waals surface area contributed by atoms with Crippen molar-refractivity contribution < 1.29 is 33.4 Å². The number of ether oxygens (including phenoxy) is 6. The molecule has 162 valence electrons. The zero-order valence-electron chi connectivity index (χ0n) is 17.5. The number of hydrogen-bond acceptors (Lipinski definition) is 7. The number of rotatable bonds is 8. The van der Waals surface area contributed by atoms with Crippen LogP contribution in [0.5, 0.6) is 0 Å². The van der Waals surface area contributed by atoms with E-state index in [1.165, 1.54) is 0 Å². The Labute approximate surface area is 181 Å². The Morgan fingerprint density at radius 3 is 1.73 bits per heavy atom. The summed E-state index contributed by atoms with van der Waals surface area (Å²) in [5.74, 6) is 3.18. The lowest BCUT2D eigenvalue weighted by Crippen LogP contribution is -2.46. The quantitative estimate of drug-likeness (QED) is 0.595. The molecule has 4 fully saturated rings. The minimum absolute atomic E-state index is 0.0233. The molecule has 0 aromatic carbocycles. The van der Waals surface area contributed by atoms with Crippen LogP contribution in [0.15, 0.2) is 0 Å². The molecule has 2 aliphatic heterocycles. The molecule has 8 heteroatoms. The Kier molecular flexibility index (Phi) is 8.48. The Morgan fingerprint density at radius 2 is 1.30 bits per heavy atom. The van der Waals surface area contributed by atoms with E-state index in [4.69, 9.17) is 28.4 Å². The Morgan fingerprint density at radius 1 is 0.833 bits per heavy atom. The maximum absolute atomic E-state index is 11.3. The zero-order valence-corrected chi connectivity index (χ0v) is 17.5. The smallest absolute Gasteiger partial charge is 0.303 e. The first kappa shape index (κ1) is 23.0. The molecule has 4 rings (SSSR count). The third-order valence-corrected chi connectivity index (χ3v) is 5.62. The number of methoxy groups -OCH3 is 2. The van der Waals surface area contributed by atoms with Crippen LogP contribution >= 0.6 is 0 Å². The molecule has 0 spiro atoms. The van der Waals surface area contributed by atoms with E-state index >= 15 is 0 Å². The van der Waals surface area contributed by atoms with Crippen molar-refractivity contribution in [1.82, 2.24) is 0 Å². The van der Waals surface area contributed by atoms with E-state index < -0.39 is 19.5 Å². The second-order valence-corrected chi connectivity index (χ2v) is 7.69. The van der Waals surface area contributed by atoms with E-state index in [9.17, 15) is 5.02 Å². The fourth-order valence-electron chi connectivity index (χ4n) is 4.11. The highest BCUT2D eigenvalue weighted by molar-refractivity contribution is 6.66. The predicted octanol–water partition coefficient (Wildman–Crippen LogP) is 1.16. The van der Waals surface area contributed by atoms with Crippen LogP contribution in [-0.4, -0.2) is 77.4 Å².